The topological polar surface area (TPSA) is 82.9 Å². The molecule has 6 heteroatoms. The van der Waals surface area contributed by atoms with Crippen LogP contribution in [0.3, 0.4) is 0 Å². The van der Waals surface area contributed by atoms with E-state index >= 15 is 0 Å². The average molecular weight is 310 g/mol. The Morgan fingerprint density at radius 2 is 0.955 bits per heavy atom. The van der Waals surface area contributed by atoms with Gasteiger partial charge in [0.1, 0.15) is 0 Å². The summed E-state index contributed by atoms with van der Waals surface area (Å²) in [5.41, 5.74) is 6.73. The molecule has 0 bridgehead atoms. The van der Waals surface area contributed by atoms with Gasteiger partial charge in [0.25, 0.3) is 0 Å². The third-order valence-corrected chi connectivity index (χ3v) is 2.87. The van der Waals surface area contributed by atoms with Crippen LogP contribution in [0.25, 0.3) is 0 Å². The summed E-state index contributed by atoms with van der Waals surface area (Å²) in [7, 11) is 0. The van der Waals surface area contributed by atoms with Crippen LogP contribution in [0.5, 0.6) is 0 Å². The van der Waals surface area contributed by atoms with Crippen molar-refractivity contribution >= 4 is 23.2 Å². The Hall–Kier alpha value is -1.72. The zero-order valence-corrected chi connectivity index (χ0v) is 14.4. The lowest BCUT2D eigenvalue weighted by atomic mass is 10.1. The Labute approximate surface area is 133 Å². The molecule has 2 N–H and O–H groups in total. The molecule has 0 rings (SSSR count). The number of hydrazone groups is 2. The second-order valence-electron chi connectivity index (χ2n) is 5.81. The van der Waals surface area contributed by atoms with Crippen molar-refractivity contribution in [3.05, 3.63) is 0 Å². The molecule has 0 aliphatic heterocycles. The molecule has 6 nitrogen and oxygen atoms in total. The first-order valence-corrected chi connectivity index (χ1v) is 8.01. The number of carbonyl (C=O) groups is 2. The Balaban J connectivity index is 3.40. The monoisotopic (exact) mass is 310 g/mol. The van der Waals surface area contributed by atoms with Gasteiger partial charge in [-0.1, -0.05) is 25.7 Å². The van der Waals surface area contributed by atoms with Gasteiger partial charge in [-0.3, -0.25) is 9.59 Å². The number of amides is 2. The van der Waals surface area contributed by atoms with Gasteiger partial charge >= 0.3 is 0 Å². The minimum Gasteiger partial charge on any atom is -0.273 e. The maximum absolute atomic E-state index is 11.4. The summed E-state index contributed by atoms with van der Waals surface area (Å²) in [6.45, 7) is 7.37. The van der Waals surface area contributed by atoms with E-state index in [0.29, 0.717) is 12.8 Å². The highest BCUT2D eigenvalue weighted by atomic mass is 16.2. The van der Waals surface area contributed by atoms with E-state index in [1.54, 1.807) is 0 Å². The number of nitrogens with one attached hydrogen (secondary N) is 2. The van der Waals surface area contributed by atoms with Crippen LogP contribution in [-0.2, 0) is 9.59 Å². The zero-order chi connectivity index (χ0) is 16.8. The van der Waals surface area contributed by atoms with Crippen molar-refractivity contribution in [2.45, 2.75) is 79.1 Å². The third kappa shape index (κ3) is 14.7. The van der Waals surface area contributed by atoms with Gasteiger partial charge in [-0.15, -0.1) is 0 Å². The van der Waals surface area contributed by atoms with Crippen LogP contribution in [0.1, 0.15) is 79.1 Å². The molecule has 0 aromatic rings. The number of rotatable bonds is 11. The van der Waals surface area contributed by atoms with Gasteiger partial charge in [0.15, 0.2) is 0 Å². The van der Waals surface area contributed by atoms with Crippen LogP contribution in [-0.4, -0.2) is 23.2 Å². The van der Waals surface area contributed by atoms with Gasteiger partial charge < -0.3 is 0 Å². The fraction of sp³-hybridized carbons (Fsp3) is 0.750. The lowest BCUT2D eigenvalue weighted by Gasteiger charge is -2.03. The van der Waals surface area contributed by atoms with E-state index in [1.807, 2.05) is 27.7 Å². The van der Waals surface area contributed by atoms with Gasteiger partial charge in [-0.2, -0.15) is 10.2 Å². The van der Waals surface area contributed by atoms with Crippen LogP contribution in [0.2, 0.25) is 0 Å². The quantitative estimate of drug-likeness (QED) is 0.349. The van der Waals surface area contributed by atoms with Crippen LogP contribution in [0.4, 0.5) is 0 Å². The van der Waals surface area contributed by atoms with Gasteiger partial charge in [0.05, 0.1) is 0 Å². The number of carbonyl (C=O) groups excluding carboxylic acids is 2. The van der Waals surface area contributed by atoms with Crippen molar-refractivity contribution < 1.29 is 9.59 Å². The van der Waals surface area contributed by atoms with Crippen LogP contribution in [0, 0.1) is 0 Å². The highest BCUT2D eigenvalue weighted by Gasteiger charge is 2.01. The van der Waals surface area contributed by atoms with Gasteiger partial charge in [0.2, 0.25) is 11.8 Å². The molecular weight excluding hydrogens is 280 g/mol. The van der Waals surface area contributed by atoms with E-state index in [1.165, 1.54) is 0 Å². The summed E-state index contributed by atoms with van der Waals surface area (Å²) in [6, 6.07) is 0. The van der Waals surface area contributed by atoms with E-state index in [9.17, 15) is 9.59 Å². The molecule has 22 heavy (non-hydrogen) atoms. The Morgan fingerprint density at radius 3 is 1.27 bits per heavy atom. The standard InChI is InChI=1S/C16H30N4O2/c1-13(2)17-19-15(21)11-9-7-5-6-8-10-12-16(22)20-18-14(3)4/h5-12H2,1-4H3,(H,19,21)(H,20,22). The fourth-order valence-electron chi connectivity index (χ4n) is 1.74. The smallest absolute Gasteiger partial charge is 0.240 e. The van der Waals surface area contributed by atoms with Crippen molar-refractivity contribution in [3.63, 3.8) is 0 Å². The second-order valence-corrected chi connectivity index (χ2v) is 5.81. The first kappa shape index (κ1) is 20.3. The molecule has 0 aromatic heterocycles. The summed E-state index contributed by atoms with van der Waals surface area (Å²) < 4.78 is 0. The highest BCUT2D eigenvalue weighted by Crippen LogP contribution is 2.08. The molecule has 0 spiro atoms. The maximum Gasteiger partial charge on any atom is 0.240 e. The Bertz CT molecular complexity index is 357. The molecule has 0 aliphatic rings. The lowest BCUT2D eigenvalue weighted by molar-refractivity contribution is -0.122. The first-order chi connectivity index (χ1) is 10.4. The van der Waals surface area contributed by atoms with Gasteiger partial charge in [-0.05, 0) is 40.5 Å². The largest absolute Gasteiger partial charge is 0.273 e. The Morgan fingerprint density at radius 1 is 0.636 bits per heavy atom. The number of hydrogen-bond donors (Lipinski definition) is 2. The SMILES string of the molecule is CC(C)=NNC(=O)CCCCCCCCC(=O)NN=C(C)C. The van der Waals surface area contributed by atoms with Crippen molar-refractivity contribution in [3.8, 4) is 0 Å². The predicted molar refractivity (Wildman–Crippen MR) is 90.8 cm³/mol. The number of nitrogens with zero attached hydrogens (tertiary/aromatic N) is 2. The first-order valence-electron chi connectivity index (χ1n) is 8.01. The Kier molecular flexibility index (Phi) is 12.0. The van der Waals surface area contributed by atoms with Crippen molar-refractivity contribution in [1.82, 2.24) is 10.9 Å². The predicted octanol–water partition coefficient (Wildman–Crippen LogP) is 3.13. The zero-order valence-electron chi connectivity index (χ0n) is 14.4. The van der Waals surface area contributed by atoms with Gasteiger partial charge in [-0.25, -0.2) is 10.9 Å². The molecule has 0 atom stereocenters. The number of hydrogen-bond acceptors (Lipinski definition) is 4. The minimum absolute atomic E-state index is 0.0235. The summed E-state index contributed by atoms with van der Waals surface area (Å²) in [5, 5.41) is 7.75. The number of unbranched alkanes of at least 4 members (excludes halogenated alkanes) is 5. The molecule has 2 amide bonds. The normalized spacial score (nSPS) is 9.82. The molecule has 0 saturated heterocycles. The molecule has 0 radical (unpaired) electrons. The minimum atomic E-state index is -0.0235. The summed E-state index contributed by atoms with van der Waals surface area (Å²) >= 11 is 0. The molecule has 0 aromatic carbocycles. The van der Waals surface area contributed by atoms with Crippen molar-refractivity contribution in [2.24, 2.45) is 10.2 Å². The average Bonchev–Trinajstić information content (AvgIpc) is 2.45. The summed E-state index contributed by atoms with van der Waals surface area (Å²) in [5.74, 6) is -0.0470. The van der Waals surface area contributed by atoms with E-state index in [-0.39, 0.29) is 11.8 Å². The third-order valence-electron chi connectivity index (χ3n) is 2.87. The maximum atomic E-state index is 11.4. The van der Waals surface area contributed by atoms with Gasteiger partial charge in [0, 0.05) is 24.3 Å². The second kappa shape index (κ2) is 13.0. The molecule has 0 fully saturated rings. The lowest BCUT2D eigenvalue weighted by Crippen LogP contribution is -2.18. The van der Waals surface area contributed by atoms with E-state index in [0.717, 1.165) is 49.9 Å². The van der Waals surface area contributed by atoms with Crippen LogP contribution in [0.15, 0.2) is 10.2 Å². The van der Waals surface area contributed by atoms with Crippen LogP contribution >= 0.6 is 0 Å². The summed E-state index contributed by atoms with van der Waals surface area (Å²) in [6.07, 6.45) is 7.07. The molecule has 0 aliphatic carbocycles. The van der Waals surface area contributed by atoms with E-state index in [4.69, 9.17) is 0 Å². The van der Waals surface area contributed by atoms with Crippen LogP contribution < -0.4 is 10.9 Å². The molecule has 126 valence electrons. The molecular formula is C16H30N4O2. The molecule has 0 unspecified atom stereocenters. The highest BCUT2D eigenvalue weighted by molar-refractivity contribution is 5.82. The molecule has 0 saturated carbocycles. The summed E-state index contributed by atoms with van der Waals surface area (Å²) in [4.78, 5) is 22.8. The van der Waals surface area contributed by atoms with Crippen molar-refractivity contribution in [1.29, 1.82) is 0 Å². The fourth-order valence-corrected chi connectivity index (χ4v) is 1.74. The van der Waals surface area contributed by atoms with E-state index < -0.39 is 0 Å². The molecule has 0 heterocycles. The van der Waals surface area contributed by atoms with E-state index in [2.05, 4.69) is 21.1 Å². The van der Waals surface area contributed by atoms with Crippen molar-refractivity contribution in [2.75, 3.05) is 0 Å².